The number of halogens is 2. The molecule has 0 radical (unpaired) electrons. The number of piperazine rings is 2. The Bertz CT molecular complexity index is 1950. The molecule has 0 aliphatic carbocycles. The zero-order valence-corrected chi connectivity index (χ0v) is 37.0. The molecule has 0 spiro atoms. The van der Waals surface area contributed by atoms with Crippen LogP contribution in [-0.2, 0) is 22.3 Å². The Morgan fingerprint density at radius 2 is 1.12 bits per heavy atom. The Hall–Kier alpha value is -4.70. The molecule has 2 aliphatic heterocycles. The highest BCUT2D eigenvalue weighted by molar-refractivity contribution is 9.10. The van der Waals surface area contributed by atoms with Gasteiger partial charge in [-0.25, -0.2) is 29.5 Å². The van der Waals surface area contributed by atoms with E-state index in [9.17, 15) is 9.59 Å². The summed E-state index contributed by atoms with van der Waals surface area (Å²) in [6.45, 7) is 14.9. The fourth-order valence-electron chi connectivity index (χ4n) is 6.69. The predicted molar refractivity (Wildman–Crippen MR) is 232 cm³/mol. The number of hydrogen-bond acceptors (Lipinski definition) is 12. The quantitative estimate of drug-likeness (QED) is 0.189. The predicted octanol–water partition coefficient (Wildman–Crippen LogP) is 7.44. The molecule has 0 bridgehead atoms. The Morgan fingerprint density at radius 1 is 0.702 bits per heavy atom. The molecule has 2 aromatic heterocycles. The summed E-state index contributed by atoms with van der Waals surface area (Å²) >= 11 is 6.78. The molecule has 57 heavy (non-hydrogen) atoms. The lowest BCUT2D eigenvalue weighted by Crippen LogP contribution is -2.57. The maximum absolute atomic E-state index is 12.9. The van der Waals surface area contributed by atoms with E-state index in [1.807, 2.05) is 94.8 Å². The van der Waals surface area contributed by atoms with Gasteiger partial charge in [0.15, 0.2) is 23.3 Å². The van der Waals surface area contributed by atoms with Gasteiger partial charge in [0.05, 0.1) is 24.5 Å². The number of nitrogens with one attached hydrogen (secondary N) is 1. The average molecular weight is 911 g/mol. The van der Waals surface area contributed by atoms with Crippen molar-refractivity contribution < 1.29 is 19.1 Å². The molecule has 306 valence electrons. The van der Waals surface area contributed by atoms with Crippen LogP contribution in [-0.4, -0.2) is 112 Å². The maximum atomic E-state index is 12.9. The first-order chi connectivity index (χ1) is 27.0. The molecule has 2 aliphatic rings. The van der Waals surface area contributed by atoms with Crippen LogP contribution in [0, 0.1) is 0 Å². The van der Waals surface area contributed by atoms with Crippen molar-refractivity contribution in [2.45, 2.75) is 77.7 Å². The summed E-state index contributed by atoms with van der Waals surface area (Å²) in [6, 6.07) is 20.3. The van der Waals surface area contributed by atoms with E-state index in [-0.39, 0.29) is 24.3 Å². The van der Waals surface area contributed by atoms with Crippen LogP contribution in [0.25, 0.3) is 0 Å². The number of benzene rings is 2. The first-order valence-corrected chi connectivity index (χ1v) is 20.6. The molecule has 0 unspecified atom stereocenters. The Labute approximate surface area is 352 Å². The topological polar surface area (TPSA) is 155 Å². The van der Waals surface area contributed by atoms with Gasteiger partial charge < -0.3 is 40.1 Å². The normalized spacial score (nSPS) is 17.4. The number of rotatable bonds is 7. The number of carbonyl (C=O) groups excluding carboxylic acids is 2. The highest BCUT2D eigenvalue weighted by atomic mass is 79.9. The summed E-state index contributed by atoms with van der Waals surface area (Å²) in [4.78, 5) is 51.3. The molecule has 3 N–H and O–H groups in total. The van der Waals surface area contributed by atoms with E-state index in [0.717, 1.165) is 30.0 Å². The summed E-state index contributed by atoms with van der Waals surface area (Å²) in [5, 5.41) is 3.11. The van der Waals surface area contributed by atoms with Crippen molar-refractivity contribution in [3.63, 3.8) is 0 Å². The molecule has 4 aromatic rings. The molecule has 2 atom stereocenters. The monoisotopic (exact) mass is 908 g/mol. The second-order valence-corrected chi connectivity index (χ2v) is 17.6. The lowest BCUT2D eigenvalue weighted by atomic mass is 10.0. The van der Waals surface area contributed by atoms with Crippen LogP contribution in [0.4, 0.5) is 32.9 Å². The highest BCUT2D eigenvalue weighted by Crippen LogP contribution is 2.29. The Kier molecular flexibility index (Phi) is 14.6. The minimum atomic E-state index is -0.536. The summed E-state index contributed by atoms with van der Waals surface area (Å²) in [5.41, 5.74) is 7.34. The Morgan fingerprint density at radius 3 is 1.56 bits per heavy atom. The molecule has 4 heterocycles. The summed E-state index contributed by atoms with van der Waals surface area (Å²) < 4.78 is 12.6. The lowest BCUT2D eigenvalue weighted by Gasteiger charge is -2.42. The van der Waals surface area contributed by atoms with Crippen molar-refractivity contribution in [1.29, 1.82) is 0 Å². The third kappa shape index (κ3) is 12.6. The first-order valence-electron chi connectivity index (χ1n) is 19.0. The zero-order valence-electron chi connectivity index (χ0n) is 33.8. The van der Waals surface area contributed by atoms with Gasteiger partial charge in [0, 0.05) is 46.3 Å². The second kappa shape index (κ2) is 19.2. The largest absolute Gasteiger partial charge is 0.444 e. The van der Waals surface area contributed by atoms with Gasteiger partial charge in [-0.15, -0.1) is 0 Å². The van der Waals surface area contributed by atoms with Gasteiger partial charge in [0.2, 0.25) is 0 Å². The van der Waals surface area contributed by atoms with Gasteiger partial charge in [-0.2, -0.15) is 0 Å². The fraction of sp³-hybridized carbons (Fsp3) is 0.463. The van der Waals surface area contributed by atoms with Gasteiger partial charge in [-0.1, -0.05) is 60.7 Å². The zero-order chi connectivity index (χ0) is 41.3. The van der Waals surface area contributed by atoms with Gasteiger partial charge >= 0.3 is 12.2 Å². The minimum absolute atomic E-state index is 0.0357. The third-order valence-corrected chi connectivity index (χ3v) is 9.93. The molecular formula is C41H54Br2N10O4. The van der Waals surface area contributed by atoms with Crippen LogP contribution >= 0.6 is 31.9 Å². The summed E-state index contributed by atoms with van der Waals surface area (Å²) in [5.74, 6) is 2.52. The van der Waals surface area contributed by atoms with Gasteiger partial charge in [0.25, 0.3) is 0 Å². The number of carbonyl (C=O) groups is 2. The molecule has 2 saturated heterocycles. The maximum Gasteiger partial charge on any atom is 0.410 e. The number of aromatic nitrogens is 4. The van der Waals surface area contributed by atoms with Crippen LogP contribution in [0.15, 0.2) is 82.3 Å². The van der Waals surface area contributed by atoms with Crippen molar-refractivity contribution >= 4 is 67.3 Å². The number of anilines is 4. The minimum Gasteiger partial charge on any atom is -0.444 e. The lowest BCUT2D eigenvalue weighted by molar-refractivity contribution is 0.0130. The van der Waals surface area contributed by atoms with Crippen molar-refractivity contribution in [3.8, 4) is 0 Å². The number of ether oxygens (including phenoxy) is 2. The molecule has 16 heteroatoms. The van der Waals surface area contributed by atoms with Crippen LogP contribution in [0.1, 0.15) is 52.7 Å². The van der Waals surface area contributed by atoms with E-state index in [4.69, 9.17) is 15.2 Å². The third-order valence-electron chi connectivity index (χ3n) is 9.16. The molecule has 2 amide bonds. The van der Waals surface area contributed by atoms with Crippen molar-refractivity contribution in [2.75, 3.05) is 67.2 Å². The van der Waals surface area contributed by atoms with E-state index in [1.54, 1.807) is 12.4 Å². The van der Waals surface area contributed by atoms with Crippen LogP contribution in [0.5, 0.6) is 0 Å². The standard InChI is InChI=1S/C21H28BrN5O2.C20H26BrN5O2/c1-21(2,3)29-20(28)27-11-10-26(19-18(23-4)24-13-17(22)25-19)14-16(27)12-15-8-6-5-7-9-15;1-20(2,3)28-19(27)26-10-9-25(18-17(22)23-12-16(21)24-18)13-15(26)11-14-7-5-4-6-8-14/h5-9,13,16H,10-12,14H2,1-4H3,(H,23,24);4-8,12,15H,9-11,13H2,1-3H3,(H2,22,23)/t16-;15-/m00/s1. The number of nitrogens with two attached hydrogens (primary N) is 1. The van der Waals surface area contributed by atoms with E-state index in [1.165, 1.54) is 5.56 Å². The van der Waals surface area contributed by atoms with Gasteiger partial charge in [-0.3, -0.25) is 0 Å². The van der Waals surface area contributed by atoms with Crippen LogP contribution in [0.3, 0.4) is 0 Å². The molecule has 0 saturated carbocycles. The second-order valence-electron chi connectivity index (χ2n) is 15.9. The first kappa shape index (κ1) is 43.4. The van der Waals surface area contributed by atoms with Crippen molar-refractivity contribution in [2.24, 2.45) is 0 Å². The van der Waals surface area contributed by atoms with Crippen molar-refractivity contribution in [3.05, 3.63) is 93.4 Å². The number of nitrogens with zero attached hydrogens (tertiary/aromatic N) is 8. The SMILES string of the molecule is CC(C)(C)OC(=O)N1CCN(c2nc(Br)cnc2N)C[C@@H]1Cc1ccccc1.CNc1ncc(Br)nc1N1CCN(C(=O)OC(C)(C)C)[C@@H](Cc2ccccc2)C1. The van der Waals surface area contributed by atoms with Gasteiger partial charge in [-0.05, 0) is 97.4 Å². The average Bonchev–Trinajstić information content (AvgIpc) is 3.15. The highest BCUT2D eigenvalue weighted by Gasteiger charge is 2.36. The molecule has 2 aromatic carbocycles. The van der Waals surface area contributed by atoms with E-state index >= 15 is 0 Å². The molecule has 2 fully saturated rings. The Balaban J connectivity index is 0.000000218. The molecule has 6 rings (SSSR count). The van der Waals surface area contributed by atoms with Crippen LogP contribution in [0.2, 0.25) is 0 Å². The fourth-order valence-corrected chi connectivity index (χ4v) is 7.24. The molecular weight excluding hydrogens is 856 g/mol. The van der Waals surface area contributed by atoms with E-state index in [2.05, 4.69) is 91.2 Å². The van der Waals surface area contributed by atoms with E-state index < -0.39 is 11.2 Å². The van der Waals surface area contributed by atoms with E-state index in [0.29, 0.717) is 60.1 Å². The molecule has 14 nitrogen and oxygen atoms in total. The number of hydrogen-bond donors (Lipinski definition) is 2. The summed E-state index contributed by atoms with van der Waals surface area (Å²) in [6.07, 6.45) is 4.16. The summed E-state index contributed by atoms with van der Waals surface area (Å²) in [7, 11) is 1.83. The smallest absolute Gasteiger partial charge is 0.410 e. The number of amides is 2. The van der Waals surface area contributed by atoms with Crippen molar-refractivity contribution in [1.82, 2.24) is 29.7 Å². The van der Waals surface area contributed by atoms with Gasteiger partial charge in [0.1, 0.15) is 20.4 Å². The number of nitrogen functional groups attached to an aromatic ring is 1. The van der Waals surface area contributed by atoms with Crippen LogP contribution < -0.4 is 20.9 Å².